The zero-order chi connectivity index (χ0) is 13.7. The van der Waals surface area contributed by atoms with Crippen LogP contribution in [0.4, 0.5) is 8.78 Å². The zero-order valence-corrected chi connectivity index (χ0v) is 12.6. The van der Waals surface area contributed by atoms with Crippen LogP contribution in [-0.2, 0) is 5.92 Å². The summed E-state index contributed by atoms with van der Waals surface area (Å²) in [4.78, 5) is 1.97. The normalized spacial score (nSPS) is 21.5. The molecule has 0 saturated carbocycles. The molecule has 1 aromatic rings. The van der Waals surface area contributed by atoms with Gasteiger partial charge in [0.25, 0.3) is 5.92 Å². The number of nitrogens with zero attached hydrogens (tertiary/aromatic N) is 1. The lowest BCUT2D eigenvalue weighted by Crippen LogP contribution is -2.45. The Morgan fingerprint density at radius 3 is 2.63 bits per heavy atom. The number of hydrogen-bond acceptors (Lipinski definition) is 1. The highest BCUT2D eigenvalue weighted by molar-refractivity contribution is 9.09. The predicted molar refractivity (Wildman–Crippen MR) is 78.0 cm³/mol. The maximum Gasteiger partial charge on any atom is 0.285 e. The average Bonchev–Trinajstić information content (AvgIpc) is 2.42. The van der Waals surface area contributed by atoms with Crippen molar-refractivity contribution < 1.29 is 8.78 Å². The Morgan fingerprint density at radius 1 is 1.21 bits per heavy atom. The highest BCUT2D eigenvalue weighted by Crippen LogP contribution is 2.32. The largest absolute Gasteiger partial charge is 0.294 e. The Labute approximate surface area is 122 Å². The fourth-order valence-electron chi connectivity index (χ4n) is 2.75. The van der Waals surface area contributed by atoms with Crippen LogP contribution in [-0.4, -0.2) is 29.4 Å². The highest BCUT2D eigenvalue weighted by atomic mass is 79.9. The summed E-state index contributed by atoms with van der Waals surface area (Å²) in [7, 11) is 0. The summed E-state index contributed by atoms with van der Waals surface area (Å²) in [5.74, 6) is -2.76. The van der Waals surface area contributed by atoms with E-state index in [0.29, 0.717) is 6.04 Å². The van der Waals surface area contributed by atoms with Crippen molar-refractivity contribution in [1.29, 1.82) is 0 Å². The Bertz CT molecular complexity index is 381. The lowest BCUT2D eigenvalue weighted by Gasteiger charge is -2.37. The van der Waals surface area contributed by atoms with E-state index in [1.165, 1.54) is 12.1 Å². The molecule has 0 aromatic heterocycles. The maximum atomic E-state index is 14.3. The third-order valence-electron chi connectivity index (χ3n) is 3.79. The van der Waals surface area contributed by atoms with Crippen LogP contribution in [0.5, 0.6) is 0 Å². The molecule has 1 saturated heterocycles. The molecule has 1 aromatic carbocycles. The molecule has 1 atom stereocenters. The van der Waals surface area contributed by atoms with Gasteiger partial charge in [-0.1, -0.05) is 52.7 Å². The molecule has 19 heavy (non-hydrogen) atoms. The topological polar surface area (TPSA) is 3.24 Å². The van der Waals surface area contributed by atoms with Crippen LogP contribution in [0.25, 0.3) is 0 Å². The molecule has 1 unspecified atom stereocenters. The van der Waals surface area contributed by atoms with Gasteiger partial charge in [-0.05, 0) is 25.8 Å². The molecule has 1 fully saturated rings. The van der Waals surface area contributed by atoms with Crippen molar-refractivity contribution in [1.82, 2.24) is 4.90 Å². The van der Waals surface area contributed by atoms with Gasteiger partial charge in [0.2, 0.25) is 0 Å². The second kappa shape index (κ2) is 6.80. The average molecular weight is 332 g/mol. The Morgan fingerprint density at radius 2 is 1.95 bits per heavy atom. The summed E-state index contributed by atoms with van der Waals surface area (Å²) in [5, 5.41) is 0.880. The lowest BCUT2D eigenvalue weighted by atomic mass is 9.98. The van der Waals surface area contributed by atoms with Gasteiger partial charge in [-0.15, -0.1) is 0 Å². The molecule has 0 N–H and O–H groups in total. The fraction of sp³-hybridized carbons (Fsp3) is 0.600. The first-order chi connectivity index (χ1) is 9.13. The van der Waals surface area contributed by atoms with E-state index in [2.05, 4.69) is 15.9 Å². The number of likely N-dealkylation sites (tertiary alicyclic amines) is 1. The second-order valence-corrected chi connectivity index (χ2v) is 5.96. The summed E-state index contributed by atoms with van der Waals surface area (Å²) >= 11 is 3.42. The summed E-state index contributed by atoms with van der Waals surface area (Å²) in [5.41, 5.74) is 0.123. The molecule has 2 rings (SSSR count). The van der Waals surface area contributed by atoms with Gasteiger partial charge in [0, 0.05) is 16.9 Å². The molecule has 1 aliphatic heterocycles. The quantitative estimate of drug-likeness (QED) is 0.722. The summed E-state index contributed by atoms with van der Waals surface area (Å²) in [6.45, 7) is 0.634. The van der Waals surface area contributed by atoms with Gasteiger partial charge in [-0.25, -0.2) is 0 Å². The molecular weight excluding hydrogens is 312 g/mol. The van der Waals surface area contributed by atoms with Gasteiger partial charge in [0.15, 0.2) is 0 Å². The van der Waals surface area contributed by atoms with Gasteiger partial charge in [0.05, 0.1) is 6.54 Å². The Balaban J connectivity index is 2.05. The first-order valence-corrected chi connectivity index (χ1v) is 7.99. The van der Waals surface area contributed by atoms with E-state index in [4.69, 9.17) is 0 Å². The van der Waals surface area contributed by atoms with Gasteiger partial charge >= 0.3 is 0 Å². The van der Waals surface area contributed by atoms with Crippen molar-refractivity contribution in [3.8, 4) is 0 Å². The Kier molecular flexibility index (Phi) is 5.34. The zero-order valence-electron chi connectivity index (χ0n) is 11.0. The molecule has 1 aliphatic rings. The third-order valence-corrected chi connectivity index (χ3v) is 4.25. The number of alkyl halides is 3. The van der Waals surface area contributed by atoms with Crippen LogP contribution < -0.4 is 0 Å². The number of hydrogen-bond donors (Lipinski definition) is 0. The van der Waals surface area contributed by atoms with Crippen molar-refractivity contribution in [2.45, 2.75) is 37.6 Å². The van der Waals surface area contributed by atoms with Crippen LogP contribution in [0, 0.1) is 0 Å². The molecule has 1 nitrogen and oxygen atoms in total. The van der Waals surface area contributed by atoms with Crippen molar-refractivity contribution in [3.05, 3.63) is 35.9 Å². The molecule has 1 heterocycles. The SMILES string of the molecule is FC(F)(CN1CCCCC1CCBr)c1ccccc1. The maximum absolute atomic E-state index is 14.3. The predicted octanol–water partition coefficient (Wildman–Crippen LogP) is 4.42. The van der Waals surface area contributed by atoms with E-state index in [-0.39, 0.29) is 12.1 Å². The van der Waals surface area contributed by atoms with Gasteiger partial charge in [0.1, 0.15) is 0 Å². The molecule has 4 heteroatoms. The van der Waals surface area contributed by atoms with E-state index in [9.17, 15) is 8.78 Å². The highest BCUT2D eigenvalue weighted by Gasteiger charge is 2.36. The van der Waals surface area contributed by atoms with Gasteiger partial charge in [-0.3, -0.25) is 4.90 Å². The second-order valence-electron chi connectivity index (χ2n) is 5.17. The lowest BCUT2D eigenvalue weighted by molar-refractivity contribution is -0.0545. The standard InChI is InChI=1S/C15H20BrF2N/c16-10-9-14-8-4-5-11-19(14)12-15(17,18)13-6-2-1-3-7-13/h1-3,6-7,14H,4-5,8-12H2. The monoisotopic (exact) mass is 331 g/mol. The first-order valence-electron chi connectivity index (χ1n) is 6.87. The van der Waals surface area contributed by atoms with Crippen molar-refractivity contribution in [2.75, 3.05) is 18.4 Å². The number of benzene rings is 1. The summed E-state index contributed by atoms with van der Waals surface area (Å²) in [6.07, 6.45) is 4.18. The van der Waals surface area contributed by atoms with E-state index in [1.807, 2.05) is 4.90 Å². The summed E-state index contributed by atoms with van der Waals surface area (Å²) < 4.78 is 28.6. The van der Waals surface area contributed by atoms with Crippen molar-refractivity contribution in [3.63, 3.8) is 0 Å². The molecule has 0 aliphatic carbocycles. The van der Waals surface area contributed by atoms with Crippen LogP contribution >= 0.6 is 15.9 Å². The third kappa shape index (κ3) is 3.99. The molecular formula is C15H20BrF2N. The molecule has 106 valence electrons. The van der Waals surface area contributed by atoms with Gasteiger partial charge in [-0.2, -0.15) is 8.78 Å². The van der Waals surface area contributed by atoms with E-state index < -0.39 is 5.92 Å². The van der Waals surface area contributed by atoms with Crippen LogP contribution in [0.15, 0.2) is 30.3 Å². The van der Waals surface area contributed by atoms with Gasteiger partial charge < -0.3 is 0 Å². The first kappa shape index (κ1) is 14.9. The minimum Gasteiger partial charge on any atom is -0.294 e. The fourth-order valence-corrected chi connectivity index (χ4v) is 3.28. The number of halogens is 3. The van der Waals surface area contributed by atoms with E-state index in [1.54, 1.807) is 18.2 Å². The van der Waals surface area contributed by atoms with Crippen molar-refractivity contribution >= 4 is 15.9 Å². The number of rotatable bonds is 5. The minimum atomic E-state index is -2.76. The summed E-state index contributed by atoms with van der Waals surface area (Å²) in [6, 6.07) is 8.45. The molecule has 0 amide bonds. The van der Waals surface area contributed by atoms with Crippen LogP contribution in [0.3, 0.4) is 0 Å². The molecule has 0 radical (unpaired) electrons. The Hall–Kier alpha value is -0.480. The smallest absolute Gasteiger partial charge is 0.285 e. The van der Waals surface area contributed by atoms with E-state index >= 15 is 0 Å². The van der Waals surface area contributed by atoms with Crippen LogP contribution in [0.1, 0.15) is 31.2 Å². The van der Waals surface area contributed by atoms with Crippen LogP contribution in [0.2, 0.25) is 0 Å². The molecule has 0 bridgehead atoms. The van der Waals surface area contributed by atoms with Crippen molar-refractivity contribution in [2.24, 2.45) is 0 Å². The number of piperidine rings is 1. The van der Waals surface area contributed by atoms with E-state index in [0.717, 1.165) is 37.6 Å². The molecule has 0 spiro atoms. The minimum absolute atomic E-state index is 0.123.